The SMILES string of the molecule is CC(=O)N(C(C)C)C1(C(=O)O)CCCC(C)CC1. The lowest BCUT2D eigenvalue weighted by atomic mass is 9.86. The van der Waals surface area contributed by atoms with Gasteiger partial charge in [0.1, 0.15) is 5.54 Å². The van der Waals surface area contributed by atoms with Gasteiger partial charge in [-0.3, -0.25) is 4.79 Å². The second kappa shape index (κ2) is 5.72. The Balaban J connectivity index is 3.12. The Kier molecular flexibility index (Phi) is 4.77. The Hall–Kier alpha value is -1.06. The molecule has 1 fully saturated rings. The maximum absolute atomic E-state index is 11.9. The van der Waals surface area contributed by atoms with Crippen LogP contribution >= 0.6 is 0 Å². The number of amides is 1. The van der Waals surface area contributed by atoms with Crippen molar-refractivity contribution in [2.24, 2.45) is 5.92 Å². The van der Waals surface area contributed by atoms with Gasteiger partial charge in [-0.25, -0.2) is 4.79 Å². The van der Waals surface area contributed by atoms with Crippen molar-refractivity contribution in [3.8, 4) is 0 Å². The molecular formula is C14H25NO3. The minimum absolute atomic E-state index is 0.0768. The number of hydrogen-bond acceptors (Lipinski definition) is 2. The van der Waals surface area contributed by atoms with Gasteiger partial charge >= 0.3 is 5.97 Å². The summed E-state index contributed by atoms with van der Waals surface area (Å²) in [5.41, 5.74) is -0.995. The molecule has 0 heterocycles. The maximum atomic E-state index is 11.9. The Morgan fingerprint density at radius 1 is 1.28 bits per heavy atom. The van der Waals surface area contributed by atoms with Crippen LogP contribution in [0.4, 0.5) is 0 Å². The van der Waals surface area contributed by atoms with Crippen molar-refractivity contribution < 1.29 is 14.7 Å². The van der Waals surface area contributed by atoms with Crippen molar-refractivity contribution in [3.05, 3.63) is 0 Å². The summed E-state index contributed by atoms with van der Waals surface area (Å²) in [6.07, 6.45) is 3.96. The smallest absolute Gasteiger partial charge is 0.329 e. The Morgan fingerprint density at radius 2 is 1.89 bits per heavy atom. The standard InChI is InChI=1S/C14H25NO3/c1-10(2)15(12(4)16)14(13(17)18)8-5-6-11(3)7-9-14/h10-11H,5-9H2,1-4H3,(H,17,18). The third-order valence-corrected chi connectivity index (χ3v) is 4.05. The highest BCUT2D eigenvalue weighted by Crippen LogP contribution is 2.36. The van der Waals surface area contributed by atoms with Crippen LogP contribution < -0.4 is 0 Å². The Bertz CT molecular complexity index is 327. The second-order valence-electron chi connectivity index (χ2n) is 5.86. The predicted octanol–water partition coefficient (Wildman–Crippen LogP) is 2.67. The van der Waals surface area contributed by atoms with Crippen LogP contribution in [0.25, 0.3) is 0 Å². The topological polar surface area (TPSA) is 57.6 Å². The van der Waals surface area contributed by atoms with E-state index in [1.807, 2.05) is 13.8 Å². The maximum Gasteiger partial charge on any atom is 0.329 e. The first-order valence-electron chi connectivity index (χ1n) is 6.84. The van der Waals surface area contributed by atoms with Gasteiger partial charge in [-0.05, 0) is 39.0 Å². The minimum Gasteiger partial charge on any atom is -0.479 e. The zero-order chi connectivity index (χ0) is 13.9. The fourth-order valence-electron chi connectivity index (χ4n) is 3.21. The van der Waals surface area contributed by atoms with Gasteiger partial charge in [-0.15, -0.1) is 0 Å². The molecule has 1 aliphatic carbocycles. The number of carboxylic acid groups (broad SMARTS) is 1. The summed E-state index contributed by atoms with van der Waals surface area (Å²) in [7, 11) is 0. The second-order valence-corrected chi connectivity index (χ2v) is 5.86. The highest BCUT2D eigenvalue weighted by Gasteiger charge is 2.47. The van der Waals surface area contributed by atoms with E-state index in [0.29, 0.717) is 18.8 Å². The first-order valence-corrected chi connectivity index (χ1v) is 6.84. The van der Waals surface area contributed by atoms with Gasteiger partial charge in [0.25, 0.3) is 0 Å². The van der Waals surface area contributed by atoms with E-state index >= 15 is 0 Å². The molecule has 18 heavy (non-hydrogen) atoms. The summed E-state index contributed by atoms with van der Waals surface area (Å²) < 4.78 is 0. The fourth-order valence-corrected chi connectivity index (χ4v) is 3.21. The lowest BCUT2D eigenvalue weighted by Gasteiger charge is -2.42. The molecule has 2 atom stereocenters. The van der Waals surface area contributed by atoms with Gasteiger partial charge < -0.3 is 10.0 Å². The molecular weight excluding hydrogens is 230 g/mol. The van der Waals surface area contributed by atoms with Crippen LogP contribution in [0.3, 0.4) is 0 Å². The van der Waals surface area contributed by atoms with Crippen molar-refractivity contribution >= 4 is 11.9 Å². The van der Waals surface area contributed by atoms with Gasteiger partial charge in [0.2, 0.25) is 5.91 Å². The minimum atomic E-state index is -0.995. The molecule has 0 radical (unpaired) electrons. The normalized spacial score (nSPS) is 28.8. The summed E-state index contributed by atoms with van der Waals surface area (Å²) in [5, 5.41) is 9.67. The summed E-state index contributed by atoms with van der Waals surface area (Å²) >= 11 is 0. The van der Waals surface area contributed by atoms with Gasteiger partial charge in [0.15, 0.2) is 0 Å². The van der Waals surface area contributed by atoms with Gasteiger partial charge in [-0.1, -0.05) is 19.8 Å². The molecule has 1 saturated carbocycles. The van der Waals surface area contributed by atoms with Crippen LogP contribution in [0.15, 0.2) is 0 Å². The van der Waals surface area contributed by atoms with Crippen molar-refractivity contribution in [1.29, 1.82) is 0 Å². The van der Waals surface area contributed by atoms with Crippen molar-refractivity contribution in [2.45, 2.75) is 71.4 Å². The van der Waals surface area contributed by atoms with E-state index in [1.165, 1.54) is 6.92 Å². The van der Waals surface area contributed by atoms with Crippen LogP contribution in [0, 0.1) is 5.92 Å². The Morgan fingerprint density at radius 3 is 2.33 bits per heavy atom. The summed E-state index contributed by atoms with van der Waals surface area (Å²) in [5.74, 6) is -0.436. The first-order chi connectivity index (χ1) is 8.31. The zero-order valence-corrected chi connectivity index (χ0v) is 11.9. The third-order valence-electron chi connectivity index (χ3n) is 4.05. The molecule has 4 heteroatoms. The molecule has 2 unspecified atom stereocenters. The van der Waals surface area contributed by atoms with Crippen molar-refractivity contribution in [2.75, 3.05) is 0 Å². The van der Waals surface area contributed by atoms with Crippen molar-refractivity contribution in [1.82, 2.24) is 4.90 Å². The largest absolute Gasteiger partial charge is 0.479 e. The van der Waals surface area contributed by atoms with Gasteiger partial charge in [0, 0.05) is 13.0 Å². The van der Waals surface area contributed by atoms with E-state index in [0.717, 1.165) is 19.3 Å². The fraction of sp³-hybridized carbons (Fsp3) is 0.857. The van der Waals surface area contributed by atoms with Gasteiger partial charge in [-0.2, -0.15) is 0 Å². The molecule has 104 valence electrons. The molecule has 1 N–H and O–H groups in total. The van der Waals surface area contributed by atoms with Crippen LogP contribution in [-0.2, 0) is 9.59 Å². The molecule has 0 aliphatic heterocycles. The molecule has 1 amide bonds. The van der Waals surface area contributed by atoms with Crippen LogP contribution in [-0.4, -0.2) is 33.5 Å². The summed E-state index contributed by atoms with van der Waals surface area (Å²) in [4.78, 5) is 25.2. The number of carbonyl (C=O) groups is 2. The number of carboxylic acids is 1. The zero-order valence-electron chi connectivity index (χ0n) is 11.9. The lowest BCUT2D eigenvalue weighted by molar-refractivity contribution is -0.162. The number of carbonyl (C=O) groups excluding carboxylic acids is 1. The predicted molar refractivity (Wildman–Crippen MR) is 70.3 cm³/mol. The first kappa shape index (κ1) is 15.0. The van der Waals surface area contributed by atoms with E-state index in [1.54, 1.807) is 4.90 Å². The molecule has 0 spiro atoms. The molecule has 0 aromatic carbocycles. The molecule has 0 aromatic rings. The van der Waals surface area contributed by atoms with Crippen molar-refractivity contribution in [3.63, 3.8) is 0 Å². The van der Waals surface area contributed by atoms with E-state index in [9.17, 15) is 14.7 Å². The number of rotatable bonds is 3. The van der Waals surface area contributed by atoms with E-state index in [-0.39, 0.29) is 11.9 Å². The molecule has 0 bridgehead atoms. The van der Waals surface area contributed by atoms with E-state index in [2.05, 4.69) is 6.92 Å². The molecule has 4 nitrogen and oxygen atoms in total. The summed E-state index contributed by atoms with van der Waals surface area (Å²) in [6.45, 7) is 7.41. The van der Waals surface area contributed by atoms with E-state index < -0.39 is 11.5 Å². The molecule has 0 aromatic heterocycles. The number of aliphatic carboxylic acids is 1. The lowest BCUT2D eigenvalue weighted by Crippen LogP contribution is -2.59. The average Bonchev–Trinajstić information content (AvgIpc) is 2.41. The molecule has 0 saturated heterocycles. The summed E-state index contributed by atoms with van der Waals surface area (Å²) in [6, 6.07) is -0.0768. The van der Waals surface area contributed by atoms with Crippen LogP contribution in [0.5, 0.6) is 0 Å². The quantitative estimate of drug-likeness (QED) is 0.789. The third kappa shape index (κ3) is 2.85. The molecule has 1 rings (SSSR count). The monoisotopic (exact) mass is 255 g/mol. The number of nitrogens with zero attached hydrogens (tertiary/aromatic N) is 1. The Labute approximate surface area is 109 Å². The van der Waals surface area contributed by atoms with Crippen LogP contribution in [0.2, 0.25) is 0 Å². The number of hydrogen-bond donors (Lipinski definition) is 1. The van der Waals surface area contributed by atoms with Crippen LogP contribution in [0.1, 0.15) is 59.8 Å². The van der Waals surface area contributed by atoms with E-state index in [4.69, 9.17) is 0 Å². The highest BCUT2D eigenvalue weighted by molar-refractivity contribution is 5.86. The average molecular weight is 255 g/mol. The van der Waals surface area contributed by atoms with Gasteiger partial charge in [0.05, 0.1) is 0 Å². The highest BCUT2D eigenvalue weighted by atomic mass is 16.4. The molecule has 1 aliphatic rings.